The minimum Gasteiger partial charge on any atom is -0.444 e. The molecule has 7 nitrogen and oxygen atoms in total. The van der Waals surface area contributed by atoms with Gasteiger partial charge in [0.1, 0.15) is 11.2 Å². The van der Waals surface area contributed by atoms with E-state index in [0.717, 1.165) is 12.8 Å². The predicted molar refractivity (Wildman–Crippen MR) is 117 cm³/mol. The van der Waals surface area contributed by atoms with Gasteiger partial charge in [0.05, 0.1) is 10.6 Å². The monoisotopic (exact) mass is 435 g/mol. The maximum Gasteiger partial charge on any atom is 0.413 e. The van der Waals surface area contributed by atoms with E-state index < -0.39 is 17.3 Å². The zero-order chi connectivity index (χ0) is 22.5. The van der Waals surface area contributed by atoms with Gasteiger partial charge in [0.2, 0.25) is 0 Å². The van der Waals surface area contributed by atoms with Crippen LogP contribution in [0.1, 0.15) is 59.9 Å². The molecule has 1 fully saturated rings. The van der Waals surface area contributed by atoms with Crippen LogP contribution in [0.3, 0.4) is 0 Å². The standard InChI is InChI=1S/C22H30ClN3O4/c1-21(2,3)29-19(27)25-18-16(17(23)11-12-24-18)10-9-15-8-7-13-26(14-15)20(28)30-22(4,5)6/h11-12,15H,7-8,13-14H2,1-6H3,(H,24,25,27). The Labute approximate surface area is 183 Å². The first-order valence-electron chi connectivity index (χ1n) is 9.98. The lowest BCUT2D eigenvalue weighted by Crippen LogP contribution is -2.42. The number of amides is 2. The summed E-state index contributed by atoms with van der Waals surface area (Å²) in [6.07, 6.45) is 2.22. The molecule has 30 heavy (non-hydrogen) atoms. The van der Waals surface area contributed by atoms with Gasteiger partial charge < -0.3 is 14.4 Å². The van der Waals surface area contributed by atoms with Crippen LogP contribution >= 0.6 is 11.6 Å². The van der Waals surface area contributed by atoms with E-state index in [1.807, 2.05) is 20.8 Å². The Morgan fingerprint density at radius 1 is 1.20 bits per heavy atom. The second-order valence-electron chi connectivity index (χ2n) is 9.18. The lowest BCUT2D eigenvalue weighted by Gasteiger charge is -2.32. The first-order chi connectivity index (χ1) is 13.8. The Morgan fingerprint density at radius 2 is 1.87 bits per heavy atom. The number of pyridine rings is 1. The molecule has 1 aliphatic heterocycles. The summed E-state index contributed by atoms with van der Waals surface area (Å²) >= 11 is 6.30. The van der Waals surface area contributed by atoms with Crippen LogP contribution in [0, 0.1) is 17.8 Å². The van der Waals surface area contributed by atoms with Gasteiger partial charge in [-0.2, -0.15) is 0 Å². The predicted octanol–water partition coefficient (Wildman–Crippen LogP) is 5.08. The van der Waals surface area contributed by atoms with Crippen molar-refractivity contribution in [2.24, 2.45) is 5.92 Å². The van der Waals surface area contributed by atoms with Gasteiger partial charge in [0.25, 0.3) is 0 Å². The molecule has 1 aromatic heterocycles. The summed E-state index contributed by atoms with van der Waals surface area (Å²) in [4.78, 5) is 30.3. The molecule has 1 aromatic rings. The summed E-state index contributed by atoms with van der Waals surface area (Å²) in [5.74, 6) is 6.42. The van der Waals surface area contributed by atoms with Gasteiger partial charge in [-0.25, -0.2) is 14.6 Å². The lowest BCUT2D eigenvalue weighted by atomic mass is 9.98. The first-order valence-corrected chi connectivity index (χ1v) is 10.4. The molecule has 0 spiro atoms. The highest BCUT2D eigenvalue weighted by atomic mass is 35.5. The fourth-order valence-corrected chi connectivity index (χ4v) is 3.01. The van der Waals surface area contributed by atoms with Crippen LogP contribution in [-0.2, 0) is 9.47 Å². The van der Waals surface area contributed by atoms with Gasteiger partial charge in [-0.3, -0.25) is 5.32 Å². The van der Waals surface area contributed by atoms with Gasteiger partial charge in [0.15, 0.2) is 5.82 Å². The number of nitrogens with one attached hydrogen (secondary N) is 1. The number of likely N-dealkylation sites (tertiary alicyclic amines) is 1. The number of nitrogens with zero attached hydrogens (tertiary/aromatic N) is 2. The molecule has 2 heterocycles. The molecule has 0 aromatic carbocycles. The minimum atomic E-state index is -0.637. The third kappa shape index (κ3) is 7.75. The summed E-state index contributed by atoms with van der Waals surface area (Å²) < 4.78 is 10.7. The third-order valence-electron chi connectivity index (χ3n) is 3.99. The molecule has 1 atom stereocenters. The van der Waals surface area contributed by atoms with Gasteiger partial charge >= 0.3 is 12.2 Å². The molecular formula is C22H30ClN3O4. The van der Waals surface area contributed by atoms with Crippen molar-refractivity contribution in [2.75, 3.05) is 18.4 Å². The number of carbonyl (C=O) groups excluding carboxylic acids is 2. The van der Waals surface area contributed by atoms with Crippen LogP contribution in [-0.4, -0.2) is 46.4 Å². The summed E-state index contributed by atoms with van der Waals surface area (Å²) in [7, 11) is 0. The second-order valence-corrected chi connectivity index (χ2v) is 9.59. The Hall–Kier alpha value is -2.46. The Bertz CT molecular complexity index is 847. The molecule has 0 saturated carbocycles. The maximum atomic E-state index is 12.3. The summed E-state index contributed by atoms with van der Waals surface area (Å²) in [5.41, 5.74) is -0.762. The molecule has 1 saturated heterocycles. The molecule has 0 radical (unpaired) electrons. The van der Waals surface area contributed by atoms with Gasteiger partial charge in [0, 0.05) is 25.2 Å². The van der Waals surface area contributed by atoms with E-state index >= 15 is 0 Å². The average Bonchev–Trinajstić information content (AvgIpc) is 2.58. The van der Waals surface area contributed by atoms with Crippen molar-refractivity contribution in [2.45, 2.75) is 65.6 Å². The van der Waals surface area contributed by atoms with Crippen LogP contribution in [0.5, 0.6) is 0 Å². The fourth-order valence-electron chi connectivity index (χ4n) is 2.81. The molecule has 0 aliphatic carbocycles. The maximum absolute atomic E-state index is 12.3. The van der Waals surface area contributed by atoms with Crippen molar-refractivity contribution >= 4 is 29.6 Å². The van der Waals surface area contributed by atoms with E-state index in [1.54, 1.807) is 31.7 Å². The van der Waals surface area contributed by atoms with Gasteiger partial charge in [-0.15, -0.1) is 0 Å². The average molecular weight is 436 g/mol. The molecule has 0 bridgehead atoms. The molecular weight excluding hydrogens is 406 g/mol. The number of rotatable bonds is 1. The molecule has 164 valence electrons. The second kappa shape index (κ2) is 9.57. The summed E-state index contributed by atoms with van der Waals surface area (Å²) in [6.45, 7) is 12.0. The topological polar surface area (TPSA) is 80.8 Å². The lowest BCUT2D eigenvalue weighted by molar-refractivity contribution is 0.0190. The Morgan fingerprint density at radius 3 is 2.50 bits per heavy atom. The molecule has 2 amide bonds. The number of hydrogen-bond donors (Lipinski definition) is 1. The number of aromatic nitrogens is 1. The SMILES string of the molecule is CC(C)(C)OC(=O)Nc1nccc(Cl)c1C#CC1CCCN(C(=O)OC(C)(C)C)C1. The zero-order valence-corrected chi connectivity index (χ0v) is 19.2. The van der Waals surface area contributed by atoms with E-state index in [0.29, 0.717) is 23.7 Å². The van der Waals surface area contributed by atoms with E-state index in [2.05, 4.69) is 22.1 Å². The Kier molecular flexibility index (Phi) is 7.59. The van der Waals surface area contributed by atoms with E-state index in [-0.39, 0.29) is 17.8 Å². The number of ether oxygens (including phenoxy) is 2. The quantitative estimate of drug-likeness (QED) is 0.622. The van der Waals surface area contributed by atoms with E-state index in [4.69, 9.17) is 21.1 Å². The number of hydrogen-bond acceptors (Lipinski definition) is 5. The number of carbonyl (C=O) groups is 2. The highest BCUT2D eigenvalue weighted by Gasteiger charge is 2.27. The summed E-state index contributed by atoms with van der Waals surface area (Å²) in [6, 6.07) is 1.61. The molecule has 1 N–H and O–H groups in total. The molecule has 1 aliphatic rings. The van der Waals surface area contributed by atoms with Gasteiger partial charge in [-0.05, 0) is 60.5 Å². The van der Waals surface area contributed by atoms with Crippen molar-refractivity contribution in [3.8, 4) is 11.8 Å². The number of anilines is 1. The van der Waals surface area contributed by atoms with Crippen molar-refractivity contribution < 1.29 is 19.1 Å². The number of halogens is 1. The highest BCUT2D eigenvalue weighted by molar-refractivity contribution is 6.32. The highest BCUT2D eigenvalue weighted by Crippen LogP contribution is 2.23. The van der Waals surface area contributed by atoms with Crippen LogP contribution in [0.4, 0.5) is 15.4 Å². The van der Waals surface area contributed by atoms with Crippen LogP contribution in [0.15, 0.2) is 12.3 Å². The van der Waals surface area contributed by atoms with Crippen molar-refractivity contribution in [3.05, 3.63) is 22.8 Å². The third-order valence-corrected chi connectivity index (χ3v) is 4.31. The molecule has 8 heteroatoms. The molecule has 1 unspecified atom stereocenters. The number of piperidine rings is 1. The van der Waals surface area contributed by atoms with Crippen LogP contribution in [0.2, 0.25) is 5.02 Å². The normalized spacial score (nSPS) is 16.9. The largest absolute Gasteiger partial charge is 0.444 e. The molecule has 2 rings (SSSR count). The van der Waals surface area contributed by atoms with E-state index in [1.165, 1.54) is 6.20 Å². The van der Waals surface area contributed by atoms with Crippen molar-refractivity contribution in [1.82, 2.24) is 9.88 Å². The van der Waals surface area contributed by atoms with Crippen molar-refractivity contribution in [1.29, 1.82) is 0 Å². The fraction of sp³-hybridized carbons (Fsp3) is 0.591. The zero-order valence-electron chi connectivity index (χ0n) is 18.5. The minimum absolute atomic E-state index is 0.0306. The van der Waals surface area contributed by atoms with Gasteiger partial charge in [-0.1, -0.05) is 23.4 Å². The van der Waals surface area contributed by atoms with Crippen LogP contribution in [0.25, 0.3) is 0 Å². The van der Waals surface area contributed by atoms with Crippen molar-refractivity contribution in [3.63, 3.8) is 0 Å². The van der Waals surface area contributed by atoms with Crippen LogP contribution < -0.4 is 5.32 Å². The van der Waals surface area contributed by atoms with E-state index in [9.17, 15) is 9.59 Å². The first kappa shape index (κ1) is 23.8. The summed E-state index contributed by atoms with van der Waals surface area (Å²) in [5, 5.41) is 2.98. The Balaban J connectivity index is 2.13. The smallest absolute Gasteiger partial charge is 0.413 e.